The summed E-state index contributed by atoms with van der Waals surface area (Å²) >= 11 is 3.29. The molecule has 0 aliphatic carbocycles. The van der Waals surface area contributed by atoms with Crippen LogP contribution < -0.4 is 10.6 Å². The van der Waals surface area contributed by atoms with Crippen LogP contribution in [0.5, 0.6) is 0 Å². The minimum Gasteiger partial charge on any atom is -0.343 e. The second kappa shape index (κ2) is 6.81. The maximum atomic E-state index is 11.8. The molecule has 0 saturated heterocycles. The number of carbonyl (C=O) groups is 2. The third kappa shape index (κ3) is 4.17. The molecule has 0 spiro atoms. The van der Waals surface area contributed by atoms with Gasteiger partial charge in [0.05, 0.1) is 6.54 Å². The molecule has 0 aliphatic rings. The molecule has 0 bridgehead atoms. The number of rotatable bonds is 4. The smallest absolute Gasteiger partial charge is 0.251 e. The van der Waals surface area contributed by atoms with Crippen LogP contribution in [0.25, 0.3) is 0 Å². The minimum atomic E-state index is -0.325. The Balaban J connectivity index is 1.84. The monoisotopic (exact) mass is 333 g/mol. The zero-order valence-corrected chi connectivity index (χ0v) is 12.1. The molecule has 5 nitrogen and oxygen atoms in total. The lowest BCUT2D eigenvalue weighted by Crippen LogP contribution is -2.32. The van der Waals surface area contributed by atoms with Crippen LogP contribution in [-0.4, -0.2) is 23.3 Å². The van der Waals surface area contributed by atoms with Gasteiger partial charge in [-0.2, -0.15) is 0 Å². The minimum absolute atomic E-state index is 0.106. The highest BCUT2D eigenvalue weighted by molar-refractivity contribution is 9.10. The number of amides is 2. The van der Waals surface area contributed by atoms with Gasteiger partial charge < -0.3 is 10.6 Å². The molecule has 2 aromatic rings. The molecule has 1 heterocycles. The Morgan fingerprint density at radius 1 is 1.10 bits per heavy atom. The third-order valence-electron chi connectivity index (χ3n) is 2.45. The standard InChI is InChI=1S/C14H12BrN3O2/c15-11-6-4-10(5-7-11)14(20)17-9-13(19)18-12-3-1-2-8-16-12/h1-8H,9H2,(H,17,20)(H,16,18,19). The van der Waals surface area contributed by atoms with E-state index in [1.54, 1.807) is 48.7 Å². The van der Waals surface area contributed by atoms with Crippen molar-refractivity contribution in [1.82, 2.24) is 10.3 Å². The number of carbonyl (C=O) groups excluding carboxylic acids is 2. The summed E-state index contributed by atoms with van der Waals surface area (Å²) in [6, 6.07) is 12.1. The van der Waals surface area contributed by atoms with Crippen LogP contribution in [0.4, 0.5) is 5.82 Å². The molecular weight excluding hydrogens is 322 g/mol. The summed E-state index contributed by atoms with van der Waals surface area (Å²) in [4.78, 5) is 27.4. The van der Waals surface area contributed by atoms with Crippen LogP contribution >= 0.6 is 15.9 Å². The number of nitrogens with one attached hydrogen (secondary N) is 2. The summed E-state index contributed by atoms with van der Waals surface area (Å²) in [6.45, 7) is -0.106. The van der Waals surface area contributed by atoms with Crippen molar-refractivity contribution in [2.45, 2.75) is 0 Å². The highest BCUT2D eigenvalue weighted by Gasteiger charge is 2.08. The molecule has 0 unspecified atom stereocenters. The van der Waals surface area contributed by atoms with E-state index < -0.39 is 0 Å². The number of hydrogen-bond acceptors (Lipinski definition) is 3. The summed E-state index contributed by atoms with van der Waals surface area (Å²) in [7, 11) is 0. The Kier molecular flexibility index (Phi) is 4.84. The SMILES string of the molecule is O=C(CNC(=O)c1ccc(Br)cc1)Nc1ccccn1. The normalized spacial score (nSPS) is 9.85. The van der Waals surface area contributed by atoms with Gasteiger partial charge in [-0.25, -0.2) is 4.98 Å². The van der Waals surface area contributed by atoms with Gasteiger partial charge >= 0.3 is 0 Å². The number of nitrogens with zero attached hydrogens (tertiary/aromatic N) is 1. The van der Waals surface area contributed by atoms with Crippen LogP contribution in [0.3, 0.4) is 0 Å². The second-order valence-electron chi connectivity index (χ2n) is 3.95. The molecule has 2 rings (SSSR count). The van der Waals surface area contributed by atoms with Crippen LogP contribution in [0.1, 0.15) is 10.4 Å². The van der Waals surface area contributed by atoms with Crippen molar-refractivity contribution < 1.29 is 9.59 Å². The van der Waals surface area contributed by atoms with Crippen molar-refractivity contribution >= 4 is 33.6 Å². The van der Waals surface area contributed by atoms with Gasteiger partial charge in [0.15, 0.2) is 0 Å². The molecule has 0 aliphatic heterocycles. The van der Waals surface area contributed by atoms with Crippen LogP contribution in [0.15, 0.2) is 53.1 Å². The van der Waals surface area contributed by atoms with Gasteiger partial charge in [-0.15, -0.1) is 0 Å². The lowest BCUT2D eigenvalue weighted by molar-refractivity contribution is -0.115. The number of pyridine rings is 1. The van der Waals surface area contributed by atoms with Crippen molar-refractivity contribution in [2.75, 3.05) is 11.9 Å². The van der Waals surface area contributed by atoms with Gasteiger partial charge in [-0.3, -0.25) is 9.59 Å². The van der Waals surface area contributed by atoms with E-state index in [2.05, 4.69) is 31.5 Å². The number of benzene rings is 1. The average Bonchev–Trinajstić information content (AvgIpc) is 2.46. The maximum absolute atomic E-state index is 11.8. The van der Waals surface area contributed by atoms with E-state index in [1.807, 2.05) is 0 Å². The summed E-state index contributed by atoms with van der Waals surface area (Å²) in [5, 5.41) is 5.13. The van der Waals surface area contributed by atoms with Gasteiger partial charge in [0.25, 0.3) is 5.91 Å². The lowest BCUT2D eigenvalue weighted by Gasteiger charge is -2.06. The highest BCUT2D eigenvalue weighted by Crippen LogP contribution is 2.10. The Morgan fingerprint density at radius 2 is 1.85 bits per heavy atom. The Hall–Kier alpha value is -2.21. The topological polar surface area (TPSA) is 71.1 Å². The molecule has 0 atom stereocenters. The van der Waals surface area contributed by atoms with Crippen molar-refractivity contribution in [2.24, 2.45) is 0 Å². The first-order valence-corrected chi connectivity index (χ1v) is 6.69. The van der Waals surface area contributed by atoms with Crippen molar-refractivity contribution in [3.63, 3.8) is 0 Å². The molecular formula is C14H12BrN3O2. The van der Waals surface area contributed by atoms with E-state index >= 15 is 0 Å². The van der Waals surface area contributed by atoms with Crippen LogP contribution in [0, 0.1) is 0 Å². The van der Waals surface area contributed by atoms with Gasteiger partial charge in [0.2, 0.25) is 5.91 Å². The van der Waals surface area contributed by atoms with E-state index in [0.29, 0.717) is 11.4 Å². The first kappa shape index (κ1) is 14.2. The maximum Gasteiger partial charge on any atom is 0.251 e. The van der Waals surface area contributed by atoms with Gasteiger partial charge in [0, 0.05) is 16.2 Å². The van der Waals surface area contributed by atoms with Gasteiger partial charge in [0.1, 0.15) is 5.82 Å². The molecule has 6 heteroatoms. The molecule has 20 heavy (non-hydrogen) atoms. The van der Waals surface area contributed by atoms with E-state index in [0.717, 1.165) is 4.47 Å². The Bertz CT molecular complexity index is 600. The molecule has 1 aromatic heterocycles. The Labute approximate surface area is 124 Å². The zero-order chi connectivity index (χ0) is 14.4. The zero-order valence-electron chi connectivity index (χ0n) is 10.5. The number of halogens is 1. The fourth-order valence-corrected chi connectivity index (χ4v) is 1.75. The predicted molar refractivity (Wildman–Crippen MR) is 79.3 cm³/mol. The molecule has 0 saturated carbocycles. The molecule has 0 fully saturated rings. The second-order valence-corrected chi connectivity index (χ2v) is 4.87. The number of aromatic nitrogens is 1. The van der Waals surface area contributed by atoms with E-state index in [4.69, 9.17) is 0 Å². The van der Waals surface area contributed by atoms with Crippen LogP contribution in [0.2, 0.25) is 0 Å². The Morgan fingerprint density at radius 3 is 2.50 bits per heavy atom. The fraction of sp³-hybridized carbons (Fsp3) is 0.0714. The van der Waals surface area contributed by atoms with Crippen molar-refractivity contribution in [3.8, 4) is 0 Å². The fourth-order valence-electron chi connectivity index (χ4n) is 1.49. The van der Waals surface area contributed by atoms with Crippen LogP contribution in [-0.2, 0) is 4.79 Å². The summed E-state index contributed by atoms with van der Waals surface area (Å²) in [6.07, 6.45) is 1.58. The predicted octanol–water partition coefficient (Wildman–Crippen LogP) is 2.21. The molecule has 0 radical (unpaired) electrons. The molecule has 102 valence electrons. The lowest BCUT2D eigenvalue weighted by atomic mass is 10.2. The summed E-state index contributed by atoms with van der Waals surface area (Å²) < 4.78 is 0.891. The number of anilines is 1. The largest absolute Gasteiger partial charge is 0.343 e. The van der Waals surface area contributed by atoms with E-state index in [9.17, 15) is 9.59 Å². The molecule has 2 amide bonds. The third-order valence-corrected chi connectivity index (χ3v) is 2.98. The molecule has 2 N–H and O–H groups in total. The first-order chi connectivity index (χ1) is 9.65. The quantitative estimate of drug-likeness (QED) is 0.901. The summed E-state index contributed by atoms with van der Waals surface area (Å²) in [5.41, 5.74) is 0.499. The summed E-state index contributed by atoms with van der Waals surface area (Å²) in [5.74, 6) is -0.168. The number of hydrogen-bond donors (Lipinski definition) is 2. The van der Waals surface area contributed by atoms with E-state index in [1.165, 1.54) is 0 Å². The van der Waals surface area contributed by atoms with Gasteiger partial charge in [-0.1, -0.05) is 22.0 Å². The van der Waals surface area contributed by atoms with E-state index in [-0.39, 0.29) is 18.4 Å². The van der Waals surface area contributed by atoms with Crippen molar-refractivity contribution in [3.05, 3.63) is 58.7 Å². The van der Waals surface area contributed by atoms with Gasteiger partial charge in [-0.05, 0) is 36.4 Å². The highest BCUT2D eigenvalue weighted by atomic mass is 79.9. The average molecular weight is 334 g/mol. The molecule has 1 aromatic carbocycles. The first-order valence-electron chi connectivity index (χ1n) is 5.90. The van der Waals surface area contributed by atoms with Crippen molar-refractivity contribution in [1.29, 1.82) is 0 Å².